The molecule has 0 aliphatic carbocycles. The maximum Gasteiger partial charge on any atom is 0.392 e. The van der Waals surface area contributed by atoms with Gasteiger partial charge in [-0.15, -0.1) is 0 Å². The van der Waals surface area contributed by atoms with Crippen molar-refractivity contribution in [3.8, 4) is 5.75 Å². The summed E-state index contributed by atoms with van der Waals surface area (Å²) in [7, 11) is 0. The normalized spacial score (nSPS) is 11.2. The van der Waals surface area contributed by atoms with Crippen LogP contribution in [0.15, 0.2) is 18.2 Å². The maximum atomic E-state index is 11.9. The molecular weight excluding hydrogens is 267 g/mol. The van der Waals surface area contributed by atoms with E-state index >= 15 is 0 Å². The SMILES string of the molecule is CC(=O)c1cc(OCCC(F)(F)F)ccc1[N+](=O)[O-]. The third-order valence-electron chi connectivity index (χ3n) is 2.20. The number of hydrogen-bond acceptors (Lipinski definition) is 4. The second-order valence-corrected chi connectivity index (χ2v) is 3.71. The van der Waals surface area contributed by atoms with Crippen molar-refractivity contribution >= 4 is 11.5 Å². The lowest BCUT2D eigenvalue weighted by atomic mass is 10.1. The minimum atomic E-state index is -4.34. The van der Waals surface area contributed by atoms with Gasteiger partial charge >= 0.3 is 6.18 Å². The van der Waals surface area contributed by atoms with E-state index in [4.69, 9.17) is 4.74 Å². The standard InChI is InChI=1S/C11H10F3NO4/c1-7(16)9-6-8(2-3-10(9)15(17)18)19-5-4-11(12,13)14/h2-3,6H,4-5H2,1H3. The van der Waals surface area contributed by atoms with Crippen LogP contribution in [0.1, 0.15) is 23.7 Å². The number of hydrogen-bond donors (Lipinski definition) is 0. The quantitative estimate of drug-likeness (QED) is 0.471. The van der Waals surface area contributed by atoms with E-state index in [9.17, 15) is 28.1 Å². The molecule has 5 nitrogen and oxygen atoms in total. The van der Waals surface area contributed by atoms with Gasteiger partial charge in [-0.25, -0.2) is 0 Å². The predicted molar refractivity (Wildman–Crippen MR) is 59.3 cm³/mol. The first-order chi connectivity index (χ1) is 8.70. The summed E-state index contributed by atoms with van der Waals surface area (Å²) in [6, 6.07) is 3.25. The molecule has 1 aromatic rings. The van der Waals surface area contributed by atoms with Crippen molar-refractivity contribution in [3.05, 3.63) is 33.9 Å². The number of carbonyl (C=O) groups is 1. The Morgan fingerprint density at radius 2 is 2.05 bits per heavy atom. The summed E-state index contributed by atoms with van der Waals surface area (Å²) in [5.74, 6) is -0.576. The van der Waals surface area contributed by atoms with Gasteiger partial charge in [0.05, 0.1) is 23.5 Å². The molecule has 0 N–H and O–H groups in total. The smallest absolute Gasteiger partial charge is 0.392 e. The Balaban J connectivity index is 2.85. The molecule has 0 amide bonds. The first-order valence-corrected chi connectivity index (χ1v) is 5.19. The van der Waals surface area contributed by atoms with E-state index in [1.807, 2.05) is 0 Å². The van der Waals surface area contributed by atoms with Crippen LogP contribution < -0.4 is 4.74 Å². The summed E-state index contributed by atoms with van der Waals surface area (Å²) >= 11 is 0. The molecule has 0 bridgehead atoms. The van der Waals surface area contributed by atoms with Crippen molar-refractivity contribution in [2.45, 2.75) is 19.5 Å². The van der Waals surface area contributed by atoms with Gasteiger partial charge in [0.1, 0.15) is 5.75 Å². The van der Waals surface area contributed by atoms with E-state index in [-0.39, 0.29) is 11.3 Å². The van der Waals surface area contributed by atoms with Crippen LogP contribution in [0.5, 0.6) is 5.75 Å². The molecule has 0 radical (unpaired) electrons. The molecule has 19 heavy (non-hydrogen) atoms. The Bertz CT molecular complexity index is 499. The van der Waals surface area contributed by atoms with E-state index in [0.29, 0.717) is 0 Å². The molecule has 0 aromatic heterocycles. The summed E-state index contributed by atoms with van der Waals surface area (Å²) in [5, 5.41) is 10.6. The van der Waals surface area contributed by atoms with Crippen LogP contribution in [-0.2, 0) is 0 Å². The molecule has 0 unspecified atom stereocenters. The van der Waals surface area contributed by atoms with Crippen molar-refractivity contribution in [2.75, 3.05) is 6.61 Å². The highest BCUT2D eigenvalue weighted by molar-refractivity contribution is 5.98. The molecule has 0 fully saturated rings. The first-order valence-electron chi connectivity index (χ1n) is 5.19. The van der Waals surface area contributed by atoms with Gasteiger partial charge in [-0.05, 0) is 19.1 Å². The van der Waals surface area contributed by atoms with Gasteiger partial charge in [0.2, 0.25) is 0 Å². The first kappa shape index (κ1) is 14.9. The number of rotatable bonds is 5. The zero-order chi connectivity index (χ0) is 14.6. The van der Waals surface area contributed by atoms with Crippen molar-refractivity contribution in [3.63, 3.8) is 0 Å². The maximum absolute atomic E-state index is 11.9. The number of benzene rings is 1. The van der Waals surface area contributed by atoms with Gasteiger partial charge in [-0.2, -0.15) is 13.2 Å². The minimum absolute atomic E-state index is 0.0138. The highest BCUT2D eigenvalue weighted by Crippen LogP contribution is 2.25. The number of ketones is 1. The molecule has 8 heteroatoms. The van der Waals surface area contributed by atoms with Crippen LogP contribution in [0.3, 0.4) is 0 Å². The molecule has 0 aliphatic heterocycles. The Labute approximate surface area is 106 Å². The number of ether oxygens (including phenoxy) is 1. The Kier molecular flexibility index (Phi) is 4.47. The number of nitro benzene ring substituents is 1. The second kappa shape index (κ2) is 5.68. The van der Waals surface area contributed by atoms with E-state index in [0.717, 1.165) is 25.1 Å². The van der Waals surface area contributed by atoms with Crippen LogP contribution in [0.4, 0.5) is 18.9 Å². The largest absolute Gasteiger partial charge is 0.493 e. The average Bonchev–Trinajstić information content (AvgIpc) is 2.26. The fourth-order valence-corrected chi connectivity index (χ4v) is 1.33. The van der Waals surface area contributed by atoms with E-state index in [1.165, 1.54) is 0 Å². The van der Waals surface area contributed by atoms with E-state index in [1.54, 1.807) is 0 Å². The topological polar surface area (TPSA) is 69.4 Å². The molecule has 0 heterocycles. The zero-order valence-electron chi connectivity index (χ0n) is 9.86. The number of halogens is 3. The summed E-state index contributed by atoms with van der Waals surface area (Å²) in [6.45, 7) is 0.514. The molecule has 0 atom stereocenters. The van der Waals surface area contributed by atoms with Crippen LogP contribution >= 0.6 is 0 Å². The molecule has 0 spiro atoms. The lowest BCUT2D eigenvalue weighted by Crippen LogP contribution is -2.13. The summed E-state index contributed by atoms with van der Waals surface area (Å²) in [4.78, 5) is 21.1. The predicted octanol–water partition coefficient (Wildman–Crippen LogP) is 3.13. The molecule has 1 aromatic carbocycles. The third-order valence-corrected chi connectivity index (χ3v) is 2.20. The zero-order valence-corrected chi connectivity index (χ0v) is 9.86. The van der Waals surface area contributed by atoms with Crippen LogP contribution in [0, 0.1) is 10.1 Å². The van der Waals surface area contributed by atoms with Crippen molar-refractivity contribution in [1.29, 1.82) is 0 Å². The highest BCUT2D eigenvalue weighted by atomic mass is 19.4. The highest BCUT2D eigenvalue weighted by Gasteiger charge is 2.27. The van der Waals surface area contributed by atoms with E-state index < -0.39 is 35.6 Å². The van der Waals surface area contributed by atoms with Gasteiger partial charge < -0.3 is 4.74 Å². The lowest BCUT2D eigenvalue weighted by Gasteiger charge is -2.09. The third kappa shape index (κ3) is 4.57. The number of alkyl halides is 3. The van der Waals surface area contributed by atoms with Crippen molar-refractivity contribution < 1.29 is 27.6 Å². The molecule has 104 valence electrons. The minimum Gasteiger partial charge on any atom is -0.493 e. The Morgan fingerprint density at radius 1 is 1.42 bits per heavy atom. The fourth-order valence-electron chi connectivity index (χ4n) is 1.33. The van der Waals surface area contributed by atoms with Gasteiger partial charge in [0.15, 0.2) is 5.78 Å². The monoisotopic (exact) mass is 277 g/mol. The summed E-state index contributed by atoms with van der Waals surface area (Å²) < 4.78 is 40.6. The molecule has 0 saturated carbocycles. The number of carbonyl (C=O) groups excluding carboxylic acids is 1. The number of nitrogens with zero attached hydrogens (tertiary/aromatic N) is 1. The second-order valence-electron chi connectivity index (χ2n) is 3.71. The molecule has 1 rings (SSSR count). The lowest BCUT2D eigenvalue weighted by molar-refractivity contribution is -0.385. The van der Waals surface area contributed by atoms with Gasteiger partial charge in [-0.1, -0.05) is 0 Å². The average molecular weight is 277 g/mol. The summed E-state index contributed by atoms with van der Waals surface area (Å²) in [6.07, 6.45) is -5.48. The molecular formula is C11H10F3NO4. The van der Waals surface area contributed by atoms with Crippen LogP contribution in [0.25, 0.3) is 0 Å². The van der Waals surface area contributed by atoms with Crippen LogP contribution in [-0.4, -0.2) is 23.5 Å². The van der Waals surface area contributed by atoms with Crippen LogP contribution in [0.2, 0.25) is 0 Å². The van der Waals surface area contributed by atoms with Gasteiger partial charge in [0, 0.05) is 6.07 Å². The van der Waals surface area contributed by atoms with Gasteiger partial charge in [-0.3, -0.25) is 14.9 Å². The summed E-state index contributed by atoms with van der Waals surface area (Å²) in [5.41, 5.74) is -0.606. The fraction of sp³-hybridized carbons (Fsp3) is 0.364. The number of Topliss-reactive ketones (excluding diaryl/α,β-unsaturated/α-hetero) is 1. The number of nitro groups is 1. The van der Waals surface area contributed by atoms with E-state index in [2.05, 4.69) is 0 Å². The Morgan fingerprint density at radius 3 is 2.53 bits per heavy atom. The van der Waals surface area contributed by atoms with Gasteiger partial charge in [0.25, 0.3) is 5.69 Å². The Hall–Kier alpha value is -2.12. The molecule has 0 saturated heterocycles. The molecule has 0 aliphatic rings. The van der Waals surface area contributed by atoms with Crippen molar-refractivity contribution in [1.82, 2.24) is 0 Å². The van der Waals surface area contributed by atoms with Crippen molar-refractivity contribution in [2.24, 2.45) is 0 Å².